The topological polar surface area (TPSA) is 95.9 Å². The van der Waals surface area contributed by atoms with Crippen LogP contribution >= 0.6 is 0 Å². The van der Waals surface area contributed by atoms with Crippen LogP contribution in [0.5, 0.6) is 0 Å². The number of nitrogens with one attached hydrogen (secondary N) is 1. The van der Waals surface area contributed by atoms with E-state index in [-0.39, 0.29) is 24.9 Å². The molecule has 3 unspecified atom stereocenters. The first-order valence-corrected chi connectivity index (χ1v) is 28.1. The molecule has 0 aromatic rings. The Kier molecular flexibility index (Phi) is 50.6. The Labute approximate surface area is 403 Å². The van der Waals surface area contributed by atoms with Crippen LogP contribution in [0, 0.1) is 0 Å². The molecule has 0 radical (unpaired) electrons. The van der Waals surface area contributed by atoms with Crippen LogP contribution in [0.4, 0.5) is 0 Å². The molecule has 0 fully saturated rings. The standard InChI is InChI=1S/C59H107NO5/c1-4-7-10-13-16-19-22-25-27-29-30-32-34-37-40-43-46-49-52-59(64)65-55(50-47-44-41-38-35-33-31-28-26-23-20-17-14-11-8-5-2)53-58(63)60-56(54-61)57(62)51-48-45-42-39-36-24-21-18-15-12-9-6-3/h10,13,16,19,22,25,27,29-30,32,55-57,61-62H,4-9,11-12,14-15,17-18,20-21,23-24,26,28,31,33-54H2,1-3H3,(H,60,63)/b13-10+,19-16+,25-22+,29-27+,32-30+. The summed E-state index contributed by atoms with van der Waals surface area (Å²) < 4.78 is 5.95. The molecule has 0 saturated carbocycles. The minimum atomic E-state index is -0.792. The van der Waals surface area contributed by atoms with E-state index in [1.54, 1.807) is 0 Å². The predicted molar refractivity (Wildman–Crippen MR) is 282 cm³/mol. The lowest BCUT2D eigenvalue weighted by Gasteiger charge is -2.24. The van der Waals surface area contributed by atoms with Gasteiger partial charge in [-0.15, -0.1) is 0 Å². The van der Waals surface area contributed by atoms with Crippen molar-refractivity contribution in [2.45, 2.75) is 296 Å². The van der Waals surface area contributed by atoms with Crippen molar-refractivity contribution in [3.8, 4) is 0 Å². The molecule has 0 aromatic carbocycles. The number of ether oxygens (including phenoxy) is 1. The second-order valence-electron chi connectivity index (χ2n) is 19.1. The second-order valence-corrected chi connectivity index (χ2v) is 19.1. The third-order valence-corrected chi connectivity index (χ3v) is 12.7. The van der Waals surface area contributed by atoms with Gasteiger partial charge in [-0.1, -0.05) is 281 Å². The quantitative estimate of drug-likeness (QED) is 0.0321. The van der Waals surface area contributed by atoms with E-state index in [9.17, 15) is 19.8 Å². The predicted octanol–water partition coefficient (Wildman–Crippen LogP) is 17.2. The Hall–Kier alpha value is -2.44. The molecule has 0 saturated heterocycles. The molecule has 0 aliphatic rings. The van der Waals surface area contributed by atoms with Gasteiger partial charge in [0.1, 0.15) is 6.10 Å². The first kappa shape index (κ1) is 62.6. The molecular weight excluding hydrogens is 803 g/mol. The number of amides is 1. The molecule has 378 valence electrons. The van der Waals surface area contributed by atoms with Crippen molar-refractivity contribution in [3.05, 3.63) is 60.8 Å². The molecule has 1 amide bonds. The molecule has 0 aliphatic carbocycles. The lowest BCUT2D eigenvalue weighted by Crippen LogP contribution is -2.46. The highest BCUT2D eigenvalue weighted by molar-refractivity contribution is 5.77. The summed E-state index contributed by atoms with van der Waals surface area (Å²) >= 11 is 0. The van der Waals surface area contributed by atoms with E-state index in [0.717, 1.165) is 77.0 Å². The number of hydrogen-bond acceptors (Lipinski definition) is 5. The SMILES string of the molecule is CCC/C=C/C=C/C=C/C=C/C=C/CCCCCCCC(=O)OC(CCCCCCCCCCCCCCCCCC)CC(=O)NC(CO)C(O)CCCCCCCCCCCCCC. The Balaban J connectivity index is 4.61. The van der Waals surface area contributed by atoms with Gasteiger partial charge < -0.3 is 20.3 Å². The van der Waals surface area contributed by atoms with E-state index in [2.05, 4.69) is 62.5 Å². The average molecular weight is 911 g/mol. The fraction of sp³-hybridized carbons (Fsp3) is 0.797. The summed E-state index contributed by atoms with van der Waals surface area (Å²) in [7, 11) is 0. The second kappa shape index (κ2) is 52.5. The minimum absolute atomic E-state index is 0.0685. The molecule has 0 heterocycles. The van der Waals surface area contributed by atoms with Gasteiger partial charge in [0.05, 0.1) is 25.2 Å². The molecular formula is C59H107NO5. The summed E-state index contributed by atoms with van der Waals surface area (Å²) in [6.07, 6.45) is 65.6. The first-order valence-electron chi connectivity index (χ1n) is 28.1. The normalized spacial score (nSPS) is 13.6. The number of unbranched alkanes of at least 4 members (excludes halogenated alkanes) is 32. The van der Waals surface area contributed by atoms with Gasteiger partial charge in [-0.3, -0.25) is 9.59 Å². The highest BCUT2D eigenvalue weighted by Crippen LogP contribution is 2.19. The lowest BCUT2D eigenvalue weighted by atomic mass is 10.0. The van der Waals surface area contributed by atoms with Crippen LogP contribution in [0.15, 0.2) is 60.8 Å². The van der Waals surface area contributed by atoms with Gasteiger partial charge >= 0.3 is 5.97 Å². The maximum atomic E-state index is 13.2. The van der Waals surface area contributed by atoms with Crippen LogP contribution < -0.4 is 5.32 Å². The molecule has 0 rings (SSSR count). The van der Waals surface area contributed by atoms with E-state index < -0.39 is 18.2 Å². The zero-order valence-corrected chi connectivity index (χ0v) is 43.1. The third-order valence-electron chi connectivity index (χ3n) is 12.7. The fourth-order valence-electron chi connectivity index (χ4n) is 8.46. The van der Waals surface area contributed by atoms with E-state index >= 15 is 0 Å². The van der Waals surface area contributed by atoms with Gasteiger partial charge in [-0.25, -0.2) is 0 Å². The molecule has 0 aromatic heterocycles. The third kappa shape index (κ3) is 47.8. The number of aliphatic hydroxyl groups is 2. The van der Waals surface area contributed by atoms with Crippen molar-refractivity contribution in [3.63, 3.8) is 0 Å². The van der Waals surface area contributed by atoms with Gasteiger partial charge in [0.15, 0.2) is 0 Å². The van der Waals surface area contributed by atoms with Gasteiger partial charge in [0.25, 0.3) is 0 Å². The smallest absolute Gasteiger partial charge is 0.306 e. The summed E-state index contributed by atoms with van der Waals surface area (Å²) in [4.78, 5) is 26.2. The first-order chi connectivity index (χ1) is 32.0. The summed E-state index contributed by atoms with van der Waals surface area (Å²) in [6.45, 7) is 6.41. The number of hydrogen-bond donors (Lipinski definition) is 3. The summed E-state index contributed by atoms with van der Waals surface area (Å²) in [5.41, 5.74) is 0. The Morgan fingerprint density at radius 1 is 0.446 bits per heavy atom. The van der Waals surface area contributed by atoms with Crippen LogP contribution in [0.3, 0.4) is 0 Å². The van der Waals surface area contributed by atoms with Crippen LogP contribution in [0.25, 0.3) is 0 Å². The molecule has 3 N–H and O–H groups in total. The van der Waals surface area contributed by atoms with E-state index in [4.69, 9.17) is 4.74 Å². The van der Waals surface area contributed by atoms with Crippen molar-refractivity contribution >= 4 is 11.9 Å². The number of carbonyl (C=O) groups is 2. The molecule has 6 heteroatoms. The van der Waals surface area contributed by atoms with Crippen LogP contribution in [-0.4, -0.2) is 46.9 Å². The van der Waals surface area contributed by atoms with Crippen molar-refractivity contribution in [1.29, 1.82) is 0 Å². The number of rotatable bonds is 50. The van der Waals surface area contributed by atoms with Crippen LogP contribution in [0.1, 0.15) is 278 Å². The average Bonchev–Trinajstić information content (AvgIpc) is 3.30. The highest BCUT2D eigenvalue weighted by Gasteiger charge is 2.24. The number of esters is 1. The largest absolute Gasteiger partial charge is 0.462 e. The zero-order valence-electron chi connectivity index (χ0n) is 43.1. The maximum absolute atomic E-state index is 13.2. The van der Waals surface area contributed by atoms with Gasteiger partial charge in [-0.05, 0) is 44.9 Å². The van der Waals surface area contributed by atoms with Crippen molar-refractivity contribution < 1.29 is 24.5 Å². The van der Waals surface area contributed by atoms with E-state index in [1.807, 2.05) is 24.3 Å². The Bertz CT molecular complexity index is 1160. The lowest BCUT2D eigenvalue weighted by molar-refractivity contribution is -0.151. The van der Waals surface area contributed by atoms with E-state index in [1.165, 1.54) is 154 Å². The van der Waals surface area contributed by atoms with Crippen molar-refractivity contribution in [2.75, 3.05) is 6.61 Å². The molecule has 0 spiro atoms. The zero-order chi connectivity index (χ0) is 47.4. The minimum Gasteiger partial charge on any atom is -0.462 e. The van der Waals surface area contributed by atoms with Gasteiger partial charge in [0, 0.05) is 6.42 Å². The molecule has 6 nitrogen and oxygen atoms in total. The van der Waals surface area contributed by atoms with Crippen molar-refractivity contribution in [1.82, 2.24) is 5.32 Å². The van der Waals surface area contributed by atoms with Crippen LogP contribution in [-0.2, 0) is 14.3 Å². The Morgan fingerprint density at radius 2 is 0.815 bits per heavy atom. The number of allylic oxidation sites excluding steroid dienone is 10. The highest BCUT2D eigenvalue weighted by atomic mass is 16.5. The molecule has 3 atom stereocenters. The molecule has 0 aliphatic heterocycles. The number of carbonyl (C=O) groups excluding carboxylic acids is 2. The monoisotopic (exact) mass is 910 g/mol. The Morgan fingerprint density at radius 3 is 1.25 bits per heavy atom. The van der Waals surface area contributed by atoms with Gasteiger partial charge in [-0.2, -0.15) is 0 Å². The number of aliphatic hydroxyl groups excluding tert-OH is 2. The summed E-state index contributed by atoms with van der Waals surface area (Å²) in [5, 5.41) is 23.8. The molecule has 0 bridgehead atoms. The van der Waals surface area contributed by atoms with Gasteiger partial charge in [0.2, 0.25) is 5.91 Å². The van der Waals surface area contributed by atoms with E-state index in [0.29, 0.717) is 19.3 Å². The molecule has 65 heavy (non-hydrogen) atoms. The summed E-state index contributed by atoms with van der Waals surface area (Å²) in [5.74, 6) is -0.492. The van der Waals surface area contributed by atoms with Crippen LogP contribution in [0.2, 0.25) is 0 Å². The maximum Gasteiger partial charge on any atom is 0.306 e. The fourth-order valence-corrected chi connectivity index (χ4v) is 8.46. The van der Waals surface area contributed by atoms with Crippen molar-refractivity contribution in [2.24, 2.45) is 0 Å². The summed E-state index contributed by atoms with van der Waals surface area (Å²) in [6, 6.07) is -0.707.